The maximum atomic E-state index is 12.3. The van der Waals surface area contributed by atoms with E-state index in [1.165, 1.54) is 6.08 Å². The monoisotopic (exact) mass is 381 g/mol. The number of carbonyl (C=O) groups excluding carboxylic acids is 1. The summed E-state index contributed by atoms with van der Waals surface area (Å²) in [5, 5.41) is 3.05. The summed E-state index contributed by atoms with van der Waals surface area (Å²) in [4.78, 5) is 12.3. The molecule has 0 aliphatic rings. The molecule has 1 heterocycles. The summed E-state index contributed by atoms with van der Waals surface area (Å²) >= 11 is 3.24. The Hall–Kier alpha value is -2.59. The number of nitrogens with one attached hydrogen (secondary N) is 1. The summed E-state index contributed by atoms with van der Waals surface area (Å²) in [5.41, 5.74) is 2.07. The molecule has 0 bridgehead atoms. The van der Waals surface area contributed by atoms with Gasteiger partial charge in [-0.1, -0.05) is 60.7 Å². The lowest BCUT2D eigenvalue weighted by molar-refractivity contribution is -0.116. The number of furan rings is 1. The van der Waals surface area contributed by atoms with Crippen LogP contribution in [-0.2, 0) is 4.79 Å². The molecule has 1 aromatic heterocycles. The van der Waals surface area contributed by atoms with Crippen LogP contribution >= 0.6 is 15.9 Å². The third-order valence-corrected chi connectivity index (χ3v) is 3.97. The van der Waals surface area contributed by atoms with Crippen LogP contribution in [0.2, 0.25) is 0 Å². The largest absolute Gasteiger partial charge is 0.450 e. The molecule has 3 aromatic rings. The van der Waals surface area contributed by atoms with E-state index >= 15 is 0 Å². The molecule has 2 aromatic carbocycles. The van der Waals surface area contributed by atoms with Gasteiger partial charge in [-0.2, -0.15) is 0 Å². The van der Waals surface area contributed by atoms with E-state index < -0.39 is 0 Å². The SMILES string of the molecule is O=C(/C=C/c1ccc(Br)o1)NC(c1ccccc1)c1ccccc1. The van der Waals surface area contributed by atoms with Crippen molar-refractivity contribution < 1.29 is 9.21 Å². The zero-order valence-electron chi connectivity index (χ0n) is 12.9. The molecule has 1 amide bonds. The molecule has 1 N–H and O–H groups in total. The summed E-state index contributed by atoms with van der Waals surface area (Å²) in [6.07, 6.45) is 3.12. The molecule has 120 valence electrons. The van der Waals surface area contributed by atoms with E-state index in [-0.39, 0.29) is 11.9 Å². The van der Waals surface area contributed by atoms with Gasteiger partial charge >= 0.3 is 0 Å². The minimum atomic E-state index is -0.201. The molecular weight excluding hydrogens is 366 g/mol. The molecule has 0 radical (unpaired) electrons. The second-order valence-corrected chi connectivity index (χ2v) is 6.02. The van der Waals surface area contributed by atoms with E-state index in [0.29, 0.717) is 10.4 Å². The van der Waals surface area contributed by atoms with Crippen LogP contribution in [0.3, 0.4) is 0 Å². The molecule has 0 atom stereocenters. The van der Waals surface area contributed by atoms with Gasteiger partial charge in [-0.3, -0.25) is 4.79 Å². The molecular formula is C20H16BrNO2. The quantitative estimate of drug-likeness (QED) is 0.634. The zero-order valence-corrected chi connectivity index (χ0v) is 14.4. The van der Waals surface area contributed by atoms with E-state index in [4.69, 9.17) is 4.42 Å². The number of benzene rings is 2. The fourth-order valence-electron chi connectivity index (χ4n) is 2.42. The van der Waals surface area contributed by atoms with Crippen LogP contribution in [0.5, 0.6) is 0 Å². The van der Waals surface area contributed by atoms with Crippen LogP contribution in [0, 0.1) is 0 Å². The van der Waals surface area contributed by atoms with Gasteiger partial charge in [-0.25, -0.2) is 0 Å². The van der Waals surface area contributed by atoms with Crippen molar-refractivity contribution in [3.05, 3.63) is 100 Å². The van der Waals surface area contributed by atoms with Crippen molar-refractivity contribution >= 4 is 27.9 Å². The zero-order chi connectivity index (χ0) is 16.8. The average molecular weight is 382 g/mol. The van der Waals surface area contributed by atoms with Crippen LogP contribution < -0.4 is 5.32 Å². The summed E-state index contributed by atoms with van der Waals surface area (Å²) in [6.45, 7) is 0. The van der Waals surface area contributed by atoms with Crippen molar-refractivity contribution in [3.8, 4) is 0 Å². The molecule has 0 aliphatic heterocycles. The van der Waals surface area contributed by atoms with E-state index in [1.807, 2.05) is 60.7 Å². The molecule has 24 heavy (non-hydrogen) atoms. The molecule has 0 unspecified atom stereocenters. The van der Waals surface area contributed by atoms with Gasteiger partial charge in [-0.05, 0) is 45.3 Å². The van der Waals surface area contributed by atoms with Crippen molar-refractivity contribution in [2.24, 2.45) is 0 Å². The number of hydrogen-bond donors (Lipinski definition) is 1. The van der Waals surface area contributed by atoms with Gasteiger partial charge < -0.3 is 9.73 Å². The molecule has 0 saturated carbocycles. The minimum absolute atomic E-state index is 0.180. The number of rotatable bonds is 5. The smallest absolute Gasteiger partial charge is 0.244 e. The first kappa shape index (κ1) is 16.3. The summed E-state index contributed by atoms with van der Waals surface area (Å²) in [7, 11) is 0. The highest BCUT2D eigenvalue weighted by atomic mass is 79.9. The van der Waals surface area contributed by atoms with Crippen LogP contribution in [0.15, 0.2) is 88.0 Å². The molecule has 0 fully saturated rings. The average Bonchev–Trinajstić information content (AvgIpc) is 3.05. The Labute approximate surface area is 149 Å². The highest BCUT2D eigenvalue weighted by molar-refractivity contribution is 9.10. The Morgan fingerprint density at radius 2 is 1.50 bits per heavy atom. The second kappa shape index (κ2) is 7.79. The first-order valence-electron chi connectivity index (χ1n) is 7.56. The first-order valence-corrected chi connectivity index (χ1v) is 8.35. The molecule has 0 spiro atoms. The van der Waals surface area contributed by atoms with Crippen LogP contribution in [0.1, 0.15) is 22.9 Å². The maximum absolute atomic E-state index is 12.3. The molecule has 3 nitrogen and oxygen atoms in total. The standard InChI is InChI=1S/C20H16BrNO2/c21-18-13-11-17(24-18)12-14-19(23)22-20(15-7-3-1-4-8-15)16-9-5-2-6-10-16/h1-14,20H,(H,22,23)/b14-12+. The van der Waals surface area contributed by atoms with Gasteiger partial charge in [-0.15, -0.1) is 0 Å². The van der Waals surface area contributed by atoms with E-state index in [2.05, 4.69) is 21.2 Å². The Morgan fingerprint density at radius 3 is 2.00 bits per heavy atom. The number of amides is 1. The highest BCUT2D eigenvalue weighted by Crippen LogP contribution is 2.22. The predicted octanol–water partition coefficient (Wildman–Crippen LogP) is 4.96. The third kappa shape index (κ3) is 4.24. The van der Waals surface area contributed by atoms with Crippen molar-refractivity contribution in [1.82, 2.24) is 5.32 Å². The fraction of sp³-hybridized carbons (Fsp3) is 0.0500. The third-order valence-electron chi connectivity index (χ3n) is 3.55. The van der Waals surface area contributed by atoms with Gasteiger partial charge in [0.1, 0.15) is 5.76 Å². The van der Waals surface area contributed by atoms with E-state index in [0.717, 1.165) is 11.1 Å². The second-order valence-electron chi connectivity index (χ2n) is 5.24. The fourth-order valence-corrected chi connectivity index (χ4v) is 2.74. The number of carbonyl (C=O) groups is 1. The lowest BCUT2D eigenvalue weighted by Crippen LogP contribution is -2.27. The normalized spacial score (nSPS) is 11.1. The van der Waals surface area contributed by atoms with Crippen molar-refractivity contribution in [2.75, 3.05) is 0 Å². The summed E-state index contributed by atoms with van der Waals surface area (Å²) < 4.78 is 5.99. The van der Waals surface area contributed by atoms with Gasteiger partial charge in [0.2, 0.25) is 5.91 Å². The van der Waals surface area contributed by atoms with Gasteiger partial charge in [0.05, 0.1) is 6.04 Å². The predicted molar refractivity (Wildman–Crippen MR) is 98.3 cm³/mol. The van der Waals surface area contributed by atoms with Crippen LogP contribution in [0.25, 0.3) is 6.08 Å². The van der Waals surface area contributed by atoms with Crippen LogP contribution in [0.4, 0.5) is 0 Å². The highest BCUT2D eigenvalue weighted by Gasteiger charge is 2.15. The number of halogens is 1. The summed E-state index contributed by atoms with van der Waals surface area (Å²) in [5.74, 6) is 0.438. The lowest BCUT2D eigenvalue weighted by Gasteiger charge is -2.19. The van der Waals surface area contributed by atoms with Crippen LogP contribution in [-0.4, -0.2) is 5.91 Å². The topological polar surface area (TPSA) is 42.2 Å². The van der Waals surface area contributed by atoms with Gasteiger partial charge in [0, 0.05) is 6.08 Å². The van der Waals surface area contributed by atoms with E-state index in [9.17, 15) is 4.79 Å². The minimum Gasteiger partial charge on any atom is -0.450 e. The Balaban J connectivity index is 1.79. The van der Waals surface area contributed by atoms with Crippen molar-refractivity contribution in [3.63, 3.8) is 0 Å². The van der Waals surface area contributed by atoms with Crippen molar-refractivity contribution in [2.45, 2.75) is 6.04 Å². The first-order chi connectivity index (χ1) is 11.7. The molecule has 3 rings (SSSR count). The Kier molecular flexibility index (Phi) is 5.29. The Bertz CT molecular complexity index is 786. The molecule has 0 saturated heterocycles. The van der Waals surface area contributed by atoms with Gasteiger partial charge in [0.15, 0.2) is 4.67 Å². The van der Waals surface area contributed by atoms with Crippen molar-refractivity contribution in [1.29, 1.82) is 0 Å². The summed E-state index contributed by atoms with van der Waals surface area (Å²) in [6, 6.07) is 23.2. The van der Waals surface area contributed by atoms with Gasteiger partial charge in [0.25, 0.3) is 0 Å². The molecule has 4 heteroatoms. The maximum Gasteiger partial charge on any atom is 0.244 e. The number of hydrogen-bond acceptors (Lipinski definition) is 2. The lowest BCUT2D eigenvalue weighted by atomic mass is 9.99. The Morgan fingerprint density at radius 1 is 0.917 bits per heavy atom. The van der Waals surface area contributed by atoms with E-state index in [1.54, 1.807) is 18.2 Å². The molecule has 0 aliphatic carbocycles.